The molecule has 56 valence electrons. The van der Waals surface area contributed by atoms with Crippen molar-refractivity contribution in [3.63, 3.8) is 0 Å². The zero-order valence-corrected chi connectivity index (χ0v) is 6.26. The third-order valence-corrected chi connectivity index (χ3v) is 1.51. The molecule has 1 rings (SSSR count). The van der Waals surface area contributed by atoms with E-state index in [0.29, 0.717) is 0 Å². The molecule has 0 amide bonds. The molecule has 1 aromatic carbocycles. The Bertz CT molecular complexity index is 291. The van der Waals surface area contributed by atoms with E-state index >= 15 is 0 Å². The smallest absolute Gasteiger partial charge is 0.173 e. The molecule has 0 aromatic heterocycles. The number of aryl methyl sites for hydroxylation is 1. The zero-order chi connectivity index (χ0) is 8.27. The first-order valence-electron chi connectivity index (χ1n) is 3.27. The van der Waals surface area contributed by atoms with Gasteiger partial charge in [0.25, 0.3) is 0 Å². The van der Waals surface area contributed by atoms with Gasteiger partial charge in [0.15, 0.2) is 5.84 Å². The Morgan fingerprint density at radius 1 is 1.36 bits per heavy atom. The van der Waals surface area contributed by atoms with Crippen LogP contribution in [0.1, 0.15) is 11.1 Å². The van der Waals surface area contributed by atoms with Crippen molar-refractivity contribution in [3.8, 4) is 0 Å². The first-order valence-corrected chi connectivity index (χ1v) is 3.27. The number of hydrogen-bond donors (Lipinski definition) is 2. The normalized spacial score (nSPS) is 9.18. The van der Waals surface area contributed by atoms with Gasteiger partial charge in [-0.2, -0.15) is 0 Å². The van der Waals surface area contributed by atoms with Gasteiger partial charge >= 0.3 is 0 Å². The summed E-state index contributed by atoms with van der Waals surface area (Å²) < 4.78 is 0. The SMILES string of the molecule is Cc1ccccc1C(=N)N=N. The van der Waals surface area contributed by atoms with Gasteiger partial charge in [0.1, 0.15) is 0 Å². The highest BCUT2D eigenvalue weighted by Gasteiger charge is 2.00. The van der Waals surface area contributed by atoms with Crippen molar-refractivity contribution in [1.29, 1.82) is 10.9 Å². The number of nitrogens with zero attached hydrogens (tertiary/aromatic N) is 1. The lowest BCUT2D eigenvalue weighted by Gasteiger charge is -1.99. The molecule has 0 fully saturated rings. The molecule has 0 radical (unpaired) electrons. The van der Waals surface area contributed by atoms with Crippen LogP contribution in [0.15, 0.2) is 29.4 Å². The maximum absolute atomic E-state index is 7.27. The lowest BCUT2D eigenvalue weighted by atomic mass is 10.1. The fourth-order valence-corrected chi connectivity index (χ4v) is 0.899. The second-order valence-corrected chi connectivity index (χ2v) is 2.28. The van der Waals surface area contributed by atoms with Gasteiger partial charge in [-0.05, 0) is 12.5 Å². The molecule has 0 aliphatic heterocycles. The van der Waals surface area contributed by atoms with Gasteiger partial charge in [-0.25, -0.2) is 5.53 Å². The van der Waals surface area contributed by atoms with E-state index in [0.717, 1.165) is 11.1 Å². The van der Waals surface area contributed by atoms with Gasteiger partial charge in [-0.1, -0.05) is 24.3 Å². The molecule has 0 aliphatic rings. The largest absolute Gasteiger partial charge is 0.281 e. The Morgan fingerprint density at radius 3 is 2.55 bits per heavy atom. The second kappa shape index (κ2) is 3.05. The summed E-state index contributed by atoms with van der Waals surface area (Å²) >= 11 is 0. The van der Waals surface area contributed by atoms with Crippen LogP contribution in [-0.2, 0) is 0 Å². The monoisotopic (exact) mass is 147 g/mol. The molecule has 0 saturated heterocycles. The third kappa shape index (κ3) is 1.49. The van der Waals surface area contributed by atoms with Gasteiger partial charge in [0.05, 0.1) is 0 Å². The van der Waals surface area contributed by atoms with E-state index in [2.05, 4.69) is 5.11 Å². The maximum atomic E-state index is 7.27. The van der Waals surface area contributed by atoms with Crippen molar-refractivity contribution in [3.05, 3.63) is 35.4 Å². The summed E-state index contributed by atoms with van der Waals surface area (Å²) in [4.78, 5) is 0. The topological polar surface area (TPSA) is 60.1 Å². The van der Waals surface area contributed by atoms with E-state index in [9.17, 15) is 0 Å². The molecule has 2 N–H and O–H groups in total. The van der Waals surface area contributed by atoms with Crippen LogP contribution in [0.5, 0.6) is 0 Å². The minimum absolute atomic E-state index is 0.0168. The molecule has 11 heavy (non-hydrogen) atoms. The van der Waals surface area contributed by atoms with Crippen LogP contribution in [0.3, 0.4) is 0 Å². The van der Waals surface area contributed by atoms with E-state index in [-0.39, 0.29) is 5.84 Å². The predicted octanol–water partition coefficient (Wildman–Crippen LogP) is 2.35. The Kier molecular flexibility index (Phi) is 2.11. The van der Waals surface area contributed by atoms with Crippen LogP contribution < -0.4 is 0 Å². The number of benzene rings is 1. The fourth-order valence-electron chi connectivity index (χ4n) is 0.899. The van der Waals surface area contributed by atoms with E-state index in [1.54, 1.807) is 6.07 Å². The molecule has 0 unspecified atom stereocenters. The molecule has 0 aliphatic carbocycles. The standard InChI is InChI=1S/C8H9N3/c1-6-4-2-3-5-7(6)8(9)11-10/h2-5,9-10H,1H3. The molecule has 0 atom stereocenters. The summed E-state index contributed by atoms with van der Waals surface area (Å²) in [7, 11) is 0. The number of amidine groups is 1. The summed E-state index contributed by atoms with van der Waals surface area (Å²) in [5.41, 5.74) is 8.35. The van der Waals surface area contributed by atoms with Gasteiger partial charge in [-0.3, -0.25) is 5.41 Å². The van der Waals surface area contributed by atoms with Crippen LogP contribution >= 0.6 is 0 Å². The number of hydrogen-bond acceptors (Lipinski definition) is 2. The highest BCUT2D eigenvalue weighted by atomic mass is 15.0. The second-order valence-electron chi connectivity index (χ2n) is 2.28. The molecule has 3 heteroatoms. The summed E-state index contributed by atoms with van der Waals surface area (Å²) in [5, 5.41) is 10.3. The van der Waals surface area contributed by atoms with Crippen LogP contribution in [-0.4, -0.2) is 5.84 Å². The minimum atomic E-state index is 0.0168. The average molecular weight is 147 g/mol. The van der Waals surface area contributed by atoms with E-state index in [1.807, 2.05) is 25.1 Å². The van der Waals surface area contributed by atoms with Crippen molar-refractivity contribution < 1.29 is 0 Å². The van der Waals surface area contributed by atoms with Gasteiger partial charge in [0, 0.05) is 5.56 Å². The van der Waals surface area contributed by atoms with Crippen molar-refractivity contribution in [2.45, 2.75) is 6.92 Å². The lowest BCUT2D eigenvalue weighted by Crippen LogP contribution is -1.95. The molecular formula is C8H9N3. The molecular weight excluding hydrogens is 138 g/mol. The average Bonchev–Trinajstić information content (AvgIpc) is 2.04. The number of rotatable bonds is 1. The summed E-state index contributed by atoms with van der Waals surface area (Å²) in [6.07, 6.45) is 0. The van der Waals surface area contributed by atoms with Crippen molar-refractivity contribution in [2.75, 3.05) is 0 Å². The fraction of sp³-hybridized carbons (Fsp3) is 0.125. The van der Waals surface area contributed by atoms with Crippen molar-refractivity contribution >= 4 is 5.84 Å². The summed E-state index contributed by atoms with van der Waals surface area (Å²) in [5.74, 6) is 0.0168. The molecule has 0 spiro atoms. The van der Waals surface area contributed by atoms with E-state index < -0.39 is 0 Å². The lowest BCUT2D eigenvalue weighted by molar-refractivity contribution is 1.16. The third-order valence-electron chi connectivity index (χ3n) is 1.51. The van der Waals surface area contributed by atoms with Crippen LogP contribution in [0.4, 0.5) is 0 Å². The molecule has 0 saturated carbocycles. The van der Waals surface area contributed by atoms with Gasteiger partial charge in [-0.15, -0.1) is 5.11 Å². The van der Waals surface area contributed by atoms with Crippen LogP contribution in [0, 0.1) is 17.9 Å². The molecule has 1 aromatic rings. The Balaban J connectivity index is 3.13. The first kappa shape index (κ1) is 7.60. The van der Waals surface area contributed by atoms with Crippen LogP contribution in [0.25, 0.3) is 0 Å². The molecule has 3 nitrogen and oxygen atoms in total. The van der Waals surface area contributed by atoms with Gasteiger partial charge < -0.3 is 0 Å². The maximum Gasteiger partial charge on any atom is 0.173 e. The van der Waals surface area contributed by atoms with E-state index in [1.165, 1.54) is 0 Å². The highest BCUT2D eigenvalue weighted by molar-refractivity contribution is 5.97. The minimum Gasteiger partial charge on any atom is -0.281 e. The predicted molar refractivity (Wildman–Crippen MR) is 43.2 cm³/mol. The van der Waals surface area contributed by atoms with Crippen LogP contribution in [0.2, 0.25) is 0 Å². The summed E-state index contributed by atoms with van der Waals surface area (Å²) in [6.45, 7) is 1.90. The van der Waals surface area contributed by atoms with Crippen molar-refractivity contribution in [2.24, 2.45) is 5.11 Å². The Labute approximate surface area is 65.1 Å². The summed E-state index contributed by atoms with van der Waals surface area (Å²) in [6, 6.07) is 7.42. The number of nitrogens with one attached hydrogen (secondary N) is 2. The van der Waals surface area contributed by atoms with Crippen molar-refractivity contribution in [1.82, 2.24) is 0 Å². The quantitative estimate of drug-likeness (QED) is 0.348. The highest BCUT2D eigenvalue weighted by Crippen LogP contribution is 2.07. The van der Waals surface area contributed by atoms with E-state index in [4.69, 9.17) is 10.9 Å². The zero-order valence-electron chi connectivity index (χ0n) is 6.26. The first-order chi connectivity index (χ1) is 5.25. The Morgan fingerprint density at radius 2 is 2.00 bits per heavy atom. The Hall–Kier alpha value is -1.51. The molecule has 0 heterocycles. The van der Waals surface area contributed by atoms with Gasteiger partial charge in [0.2, 0.25) is 0 Å². The molecule has 0 bridgehead atoms.